The highest BCUT2D eigenvalue weighted by molar-refractivity contribution is 4.97. The van der Waals surface area contributed by atoms with Gasteiger partial charge in [-0.2, -0.15) is 0 Å². The van der Waals surface area contributed by atoms with Crippen molar-refractivity contribution in [3.05, 3.63) is 0 Å². The lowest BCUT2D eigenvalue weighted by Gasteiger charge is -2.39. The van der Waals surface area contributed by atoms with E-state index in [0.29, 0.717) is 10.8 Å². The van der Waals surface area contributed by atoms with E-state index < -0.39 is 0 Å². The third kappa shape index (κ3) is 1.39. The van der Waals surface area contributed by atoms with Crippen molar-refractivity contribution in [2.75, 3.05) is 13.7 Å². The SMILES string of the molecule is COC[C@H]1CCC(C)(C)C1(C)C. The number of rotatable bonds is 2. The van der Waals surface area contributed by atoms with E-state index in [2.05, 4.69) is 27.7 Å². The standard InChI is InChI=1S/C11H22O/c1-10(2)7-6-9(8-12-5)11(10,3)4/h9H,6-8H2,1-5H3/t9-/m1/s1. The maximum Gasteiger partial charge on any atom is 0.0495 e. The Hall–Kier alpha value is -0.0400. The van der Waals surface area contributed by atoms with E-state index >= 15 is 0 Å². The normalized spacial score (nSPS) is 32.2. The average Bonchev–Trinajstić information content (AvgIpc) is 2.13. The van der Waals surface area contributed by atoms with Crippen LogP contribution in [0.1, 0.15) is 40.5 Å². The summed E-state index contributed by atoms with van der Waals surface area (Å²) in [6.45, 7) is 10.4. The van der Waals surface area contributed by atoms with Gasteiger partial charge in [0, 0.05) is 13.7 Å². The summed E-state index contributed by atoms with van der Waals surface area (Å²) in [4.78, 5) is 0. The van der Waals surface area contributed by atoms with Gasteiger partial charge in [0.05, 0.1) is 0 Å². The van der Waals surface area contributed by atoms with Gasteiger partial charge in [-0.05, 0) is 29.6 Å². The fraction of sp³-hybridized carbons (Fsp3) is 1.00. The molecule has 1 saturated carbocycles. The summed E-state index contributed by atoms with van der Waals surface area (Å²) in [5, 5.41) is 0. The maximum absolute atomic E-state index is 5.25. The summed E-state index contributed by atoms with van der Waals surface area (Å²) in [6.07, 6.45) is 2.67. The zero-order chi connectivity index (χ0) is 9.41. The van der Waals surface area contributed by atoms with Crippen LogP contribution < -0.4 is 0 Å². The fourth-order valence-electron chi connectivity index (χ4n) is 2.26. The molecule has 0 N–H and O–H groups in total. The molecule has 1 nitrogen and oxygen atoms in total. The van der Waals surface area contributed by atoms with Gasteiger partial charge < -0.3 is 4.74 Å². The maximum atomic E-state index is 5.25. The summed E-state index contributed by atoms with van der Waals surface area (Å²) in [5.74, 6) is 0.748. The minimum Gasteiger partial charge on any atom is -0.384 e. The third-order valence-corrected chi connectivity index (χ3v) is 4.25. The van der Waals surface area contributed by atoms with E-state index in [-0.39, 0.29) is 0 Å². The van der Waals surface area contributed by atoms with E-state index in [4.69, 9.17) is 4.74 Å². The van der Waals surface area contributed by atoms with Crippen LogP contribution in [0.5, 0.6) is 0 Å². The molecule has 1 aliphatic rings. The van der Waals surface area contributed by atoms with Crippen LogP contribution in [0, 0.1) is 16.7 Å². The molecule has 0 saturated heterocycles. The van der Waals surface area contributed by atoms with Gasteiger partial charge in [-0.15, -0.1) is 0 Å². The van der Waals surface area contributed by atoms with Crippen LogP contribution in [-0.2, 0) is 4.74 Å². The molecule has 1 atom stereocenters. The van der Waals surface area contributed by atoms with E-state index in [1.165, 1.54) is 12.8 Å². The van der Waals surface area contributed by atoms with Crippen LogP contribution in [0.15, 0.2) is 0 Å². The smallest absolute Gasteiger partial charge is 0.0495 e. The average molecular weight is 170 g/mol. The summed E-state index contributed by atoms with van der Waals surface area (Å²) >= 11 is 0. The molecule has 0 aromatic rings. The van der Waals surface area contributed by atoms with Gasteiger partial charge in [-0.1, -0.05) is 27.7 Å². The van der Waals surface area contributed by atoms with Crippen molar-refractivity contribution in [3.63, 3.8) is 0 Å². The van der Waals surface area contributed by atoms with Gasteiger partial charge in [0.2, 0.25) is 0 Å². The van der Waals surface area contributed by atoms with Crippen LogP contribution in [-0.4, -0.2) is 13.7 Å². The predicted molar refractivity (Wildman–Crippen MR) is 52.2 cm³/mol. The summed E-state index contributed by atoms with van der Waals surface area (Å²) in [7, 11) is 1.81. The van der Waals surface area contributed by atoms with Gasteiger partial charge in [-0.25, -0.2) is 0 Å². The fourth-order valence-corrected chi connectivity index (χ4v) is 2.26. The Kier molecular flexibility index (Phi) is 2.53. The first-order chi connectivity index (χ1) is 5.42. The zero-order valence-electron chi connectivity index (χ0n) is 9.11. The van der Waals surface area contributed by atoms with Gasteiger partial charge in [0.1, 0.15) is 0 Å². The molecular weight excluding hydrogens is 148 g/mol. The van der Waals surface area contributed by atoms with Gasteiger partial charge in [-0.3, -0.25) is 0 Å². The molecule has 12 heavy (non-hydrogen) atoms. The zero-order valence-corrected chi connectivity index (χ0v) is 9.11. The highest BCUT2D eigenvalue weighted by atomic mass is 16.5. The molecule has 1 fully saturated rings. The molecule has 0 bridgehead atoms. The first kappa shape index (κ1) is 10.0. The van der Waals surface area contributed by atoms with Crippen molar-refractivity contribution >= 4 is 0 Å². The van der Waals surface area contributed by atoms with Crippen LogP contribution in [0.3, 0.4) is 0 Å². The molecule has 0 heterocycles. The molecular formula is C11H22O. The largest absolute Gasteiger partial charge is 0.384 e. The number of ether oxygens (including phenoxy) is 1. The molecule has 1 rings (SSSR count). The lowest BCUT2D eigenvalue weighted by atomic mass is 9.67. The molecule has 72 valence electrons. The van der Waals surface area contributed by atoms with Crippen molar-refractivity contribution in [2.45, 2.75) is 40.5 Å². The van der Waals surface area contributed by atoms with Crippen molar-refractivity contribution in [3.8, 4) is 0 Å². The molecule has 1 heteroatoms. The molecule has 0 amide bonds. The van der Waals surface area contributed by atoms with Crippen LogP contribution in [0.2, 0.25) is 0 Å². The number of methoxy groups -OCH3 is 1. The van der Waals surface area contributed by atoms with Crippen molar-refractivity contribution in [1.29, 1.82) is 0 Å². The monoisotopic (exact) mass is 170 g/mol. The van der Waals surface area contributed by atoms with E-state index in [9.17, 15) is 0 Å². The summed E-state index contributed by atoms with van der Waals surface area (Å²) < 4.78 is 5.25. The highest BCUT2D eigenvalue weighted by Crippen LogP contribution is 2.55. The molecule has 0 unspecified atom stereocenters. The van der Waals surface area contributed by atoms with E-state index in [1.54, 1.807) is 7.11 Å². The Labute approximate surface area is 76.5 Å². The van der Waals surface area contributed by atoms with Crippen molar-refractivity contribution in [1.82, 2.24) is 0 Å². The van der Waals surface area contributed by atoms with Crippen LogP contribution in [0.25, 0.3) is 0 Å². The molecule has 0 aliphatic heterocycles. The quantitative estimate of drug-likeness (QED) is 0.619. The van der Waals surface area contributed by atoms with Gasteiger partial charge in [0.15, 0.2) is 0 Å². The Morgan fingerprint density at radius 3 is 2.17 bits per heavy atom. The molecule has 0 spiro atoms. The lowest BCUT2D eigenvalue weighted by Crippen LogP contribution is -2.33. The second-order valence-corrected chi connectivity index (χ2v) is 5.30. The Morgan fingerprint density at radius 1 is 1.25 bits per heavy atom. The first-order valence-corrected chi connectivity index (χ1v) is 4.91. The van der Waals surface area contributed by atoms with Crippen LogP contribution >= 0.6 is 0 Å². The predicted octanol–water partition coefficient (Wildman–Crippen LogP) is 3.10. The summed E-state index contributed by atoms with van der Waals surface area (Å²) in [5.41, 5.74) is 0.916. The van der Waals surface area contributed by atoms with E-state index in [1.807, 2.05) is 0 Å². The van der Waals surface area contributed by atoms with Crippen LogP contribution in [0.4, 0.5) is 0 Å². The Morgan fingerprint density at radius 2 is 1.83 bits per heavy atom. The molecule has 1 aliphatic carbocycles. The first-order valence-electron chi connectivity index (χ1n) is 4.91. The highest BCUT2D eigenvalue weighted by Gasteiger charge is 2.47. The number of hydrogen-bond donors (Lipinski definition) is 0. The molecule has 0 aromatic carbocycles. The minimum absolute atomic E-state index is 0.434. The van der Waals surface area contributed by atoms with Gasteiger partial charge >= 0.3 is 0 Å². The number of hydrogen-bond acceptors (Lipinski definition) is 1. The van der Waals surface area contributed by atoms with E-state index in [0.717, 1.165) is 12.5 Å². The Bertz CT molecular complexity index is 158. The molecule has 0 radical (unpaired) electrons. The third-order valence-electron chi connectivity index (χ3n) is 4.25. The minimum atomic E-state index is 0.434. The molecule has 0 aromatic heterocycles. The summed E-state index contributed by atoms with van der Waals surface area (Å²) in [6, 6.07) is 0. The van der Waals surface area contributed by atoms with Crippen molar-refractivity contribution in [2.24, 2.45) is 16.7 Å². The van der Waals surface area contributed by atoms with Gasteiger partial charge in [0.25, 0.3) is 0 Å². The topological polar surface area (TPSA) is 9.23 Å². The second-order valence-electron chi connectivity index (χ2n) is 5.30. The lowest BCUT2D eigenvalue weighted by molar-refractivity contribution is 0.0492. The Balaban J connectivity index is 2.71. The van der Waals surface area contributed by atoms with Crippen molar-refractivity contribution < 1.29 is 4.74 Å². The second kappa shape index (κ2) is 3.02.